The van der Waals surface area contributed by atoms with Crippen LogP contribution in [0.25, 0.3) is 127 Å². The third-order valence-electron chi connectivity index (χ3n) is 12.0. The molecule has 0 radical (unpaired) electrons. The molecule has 0 aliphatic rings. The molecule has 0 saturated heterocycles. The fraction of sp³-hybridized carbons (Fsp3) is 0. The minimum Gasteiger partial charge on any atom is -0.456 e. The Morgan fingerprint density at radius 1 is 0.344 bits per heavy atom. The number of aromatic nitrogens is 4. The van der Waals surface area contributed by atoms with E-state index in [1.54, 1.807) is 0 Å². The summed E-state index contributed by atoms with van der Waals surface area (Å²) < 4.78 is 15.2. The van der Waals surface area contributed by atoms with Crippen LogP contribution < -0.4 is 0 Å². The zero-order chi connectivity index (χ0) is 40.0. The number of fused-ring (bicyclic) bond motifs is 11. The van der Waals surface area contributed by atoms with E-state index in [1.165, 1.54) is 21.5 Å². The summed E-state index contributed by atoms with van der Waals surface area (Å²) in [5.41, 5.74) is 11.5. The van der Waals surface area contributed by atoms with Gasteiger partial charge in [0, 0.05) is 60.3 Å². The Balaban J connectivity index is 0.991. The van der Waals surface area contributed by atoms with Gasteiger partial charge in [-0.15, -0.1) is 0 Å². The summed E-state index contributed by atoms with van der Waals surface area (Å²) in [4.78, 5) is 15.3. The summed E-state index contributed by atoms with van der Waals surface area (Å²) in [6.45, 7) is 0. The lowest BCUT2D eigenvalue weighted by Crippen LogP contribution is -2.01. The Morgan fingerprint density at radius 3 is 1.84 bits per heavy atom. The van der Waals surface area contributed by atoms with E-state index in [2.05, 4.69) is 144 Å². The molecule has 0 bridgehead atoms. The zero-order valence-electron chi connectivity index (χ0n) is 32.6. The van der Waals surface area contributed by atoms with Gasteiger partial charge in [-0.3, -0.25) is 0 Å². The van der Waals surface area contributed by atoms with Gasteiger partial charge in [-0.1, -0.05) is 140 Å². The molecule has 0 aliphatic carbocycles. The first-order chi connectivity index (χ1) is 30.2. The van der Waals surface area contributed by atoms with Crippen molar-refractivity contribution in [3.63, 3.8) is 0 Å². The Bertz CT molecular complexity index is 3900. The van der Waals surface area contributed by atoms with Crippen molar-refractivity contribution in [2.24, 2.45) is 0 Å². The van der Waals surface area contributed by atoms with Crippen molar-refractivity contribution in [2.75, 3.05) is 0 Å². The Hall–Kier alpha value is -8.35. The van der Waals surface area contributed by atoms with Gasteiger partial charge in [0.05, 0.1) is 11.0 Å². The van der Waals surface area contributed by atoms with Gasteiger partial charge in [-0.2, -0.15) is 0 Å². The van der Waals surface area contributed by atoms with Crippen LogP contribution in [-0.4, -0.2) is 19.5 Å². The molecule has 13 aromatic rings. The summed E-state index contributed by atoms with van der Waals surface area (Å²) in [6, 6.07) is 67.5. The molecule has 6 heteroatoms. The Labute approximate surface area is 348 Å². The predicted octanol–water partition coefficient (Wildman–Crippen LogP) is 14.6. The minimum absolute atomic E-state index is 0.574. The van der Waals surface area contributed by atoms with E-state index in [-0.39, 0.29) is 0 Å². The third-order valence-corrected chi connectivity index (χ3v) is 12.0. The zero-order valence-corrected chi connectivity index (χ0v) is 32.6. The first kappa shape index (κ1) is 33.6. The van der Waals surface area contributed by atoms with Gasteiger partial charge in [0.25, 0.3) is 0 Å². The highest BCUT2D eigenvalue weighted by molar-refractivity contribution is 6.20. The second-order valence-corrected chi connectivity index (χ2v) is 15.6. The van der Waals surface area contributed by atoms with E-state index in [4.69, 9.17) is 23.8 Å². The summed E-state index contributed by atoms with van der Waals surface area (Å²) >= 11 is 0. The number of furan rings is 2. The maximum absolute atomic E-state index is 6.56. The maximum Gasteiger partial charge on any atom is 0.164 e. The summed E-state index contributed by atoms with van der Waals surface area (Å²) in [5, 5.41) is 9.14. The number of hydrogen-bond acceptors (Lipinski definition) is 5. The van der Waals surface area contributed by atoms with Crippen LogP contribution in [0.1, 0.15) is 0 Å². The van der Waals surface area contributed by atoms with Crippen molar-refractivity contribution in [2.45, 2.75) is 0 Å². The SMILES string of the molecule is c1ccc(-c2nc(-c3cccc(-n4c5ccccc5c5cccc(-c6ccc7c(c6)oc6ccc8ccccc8c67)c54)c3)nc(-c3ccc4c(c3)oc3ccccc34)n2)cc1. The molecule has 0 amide bonds. The number of rotatable bonds is 5. The van der Waals surface area contributed by atoms with Crippen LogP contribution in [0.3, 0.4) is 0 Å². The fourth-order valence-electron chi connectivity index (χ4n) is 9.23. The molecule has 0 unspecified atom stereocenters. The molecule has 0 aliphatic heterocycles. The number of nitrogens with zero attached hydrogens (tertiary/aromatic N) is 4. The molecule has 13 rings (SSSR count). The van der Waals surface area contributed by atoms with E-state index >= 15 is 0 Å². The average molecular weight is 781 g/mol. The van der Waals surface area contributed by atoms with Crippen LogP contribution >= 0.6 is 0 Å². The first-order valence-corrected chi connectivity index (χ1v) is 20.4. The van der Waals surface area contributed by atoms with Crippen LogP contribution in [-0.2, 0) is 0 Å². The van der Waals surface area contributed by atoms with Gasteiger partial charge in [-0.05, 0) is 70.9 Å². The molecular weight excluding hydrogens is 749 g/mol. The molecular formula is C55H32N4O2. The summed E-state index contributed by atoms with van der Waals surface area (Å²) in [6.07, 6.45) is 0. The van der Waals surface area contributed by atoms with Crippen molar-refractivity contribution < 1.29 is 8.83 Å². The second-order valence-electron chi connectivity index (χ2n) is 15.6. The van der Waals surface area contributed by atoms with Crippen molar-refractivity contribution in [3.8, 4) is 51.0 Å². The van der Waals surface area contributed by atoms with Crippen LogP contribution in [0.15, 0.2) is 203 Å². The van der Waals surface area contributed by atoms with Crippen LogP contribution in [0, 0.1) is 0 Å². The van der Waals surface area contributed by atoms with E-state index in [0.717, 1.165) is 88.4 Å². The lowest BCUT2D eigenvalue weighted by Gasteiger charge is -2.13. The van der Waals surface area contributed by atoms with Gasteiger partial charge in [-0.25, -0.2) is 15.0 Å². The lowest BCUT2D eigenvalue weighted by atomic mass is 9.99. The lowest BCUT2D eigenvalue weighted by molar-refractivity contribution is 0.669. The van der Waals surface area contributed by atoms with Gasteiger partial charge < -0.3 is 13.4 Å². The topological polar surface area (TPSA) is 69.9 Å². The average Bonchev–Trinajstić information content (AvgIpc) is 4.01. The monoisotopic (exact) mass is 780 g/mol. The van der Waals surface area contributed by atoms with E-state index in [0.29, 0.717) is 17.5 Å². The number of para-hydroxylation sites is 3. The highest BCUT2D eigenvalue weighted by atomic mass is 16.3. The molecule has 0 fully saturated rings. The quantitative estimate of drug-likeness (QED) is 0.174. The predicted molar refractivity (Wildman–Crippen MR) is 248 cm³/mol. The molecule has 9 aromatic carbocycles. The van der Waals surface area contributed by atoms with Gasteiger partial charge >= 0.3 is 0 Å². The van der Waals surface area contributed by atoms with Gasteiger partial charge in [0.1, 0.15) is 22.3 Å². The fourth-order valence-corrected chi connectivity index (χ4v) is 9.23. The highest BCUT2D eigenvalue weighted by Crippen LogP contribution is 2.42. The van der Waals surface area contributed by atoms with E-state index in [1.807, 2.05) is 54.6 Å². The molecule has 0 saturated carbocycles. The molecule has 0 spiro atoms. The van der Waals surface area contributed by atoms with Crippen molar-refractivity contribution in [1.82, 2.24) is 19.5 Å². The van der Waals surface area contributed by atoms with Crippen molar-refractivity contribution >= 4 is 76.5 Å². The van der Waals surface area contributed by atoms with Gasteiger partial charge in [0.15, 0.2) is 17.5 Å². The number of hydrogen-bond donors (Lipinski definition) is 0. The molecule has 4 aromatic heterocycles. The molecule has 61 heavy (non-hydrogen) atoms. The standard InChI is InChI=1S/C55H32N4O2/c1-2-13-34(14-3-1)53-56-54(58-55(57-53)37-25-27-43-42-19-7-9-23-47(42)60-49(43)32-37)36-15-10-16-38(30-36)59-46-22-8-6-18-41(46)44-21-11-20-40(52(44)59)35-24-28-45-50(31-35)61-48-29-26-33-12-4-5-17-39(33)51(45)48/h1-32H. The molecule has 0 N–H and O–H groups in total. The van der Waals surface area contributed by atoms with Crippen LogP contribution in [0.5, 0.6) is 0 Å². The largest absolute Gasteiger partial charge is 0.456 e. The highest BCUT2D eigenvalue weighted by Gasteiger charge is 2.20. The van der Waals surface area contributed by atoms with E-state index < -0.39 is 0 Å². The molecule has 0 atom stereocenters. The minimum atomic E-state index is 0.574. The second kappa shape index (κ2) is 13.1. The number of benzene rings is 9. The van der Waals surface area contributed by atoms with Crippen molar-refractivity contribution in [3.05, 3.63) is 194 Å². The third kappa shape index (κ3) is 5.26. The summed E-state index contributed by atoms with van der Waals surface area (Å²) in [7, 11) is 0. The Morgan fingerprint density at radius 2 is 0.951 bits per heavy atom. The van der Waals surface area contributed by atoms with Crippen LogP contribution in [0.4, 0.5) is 0 Å². The van der Waals surface area contributed by atoms with Crippen LogP contribution in [0.2, 0.25) is 0 Å². The molecule has 284 valence electrons. The first-order valence-electron chi connectivity index (χ1n) is 20.4. The molecule has 4 heterocycles. The normalized spacial score (nSPS) is 11.9. The smallest absolute Gasteiger partial charge is 0.164 e. The Kier molecular flexibility index (Phi) is 7.21. The summed E-state index contributed by atoms with van der Waals surface area (Å²) in [5.74, 6) is 1.76. The van der Waals surface area contributed by atoms with Gasteiger partial charge in [0.2, 0.25) is 0 Å². The van der Waals surface area contributed by atoms with E-state index in [9.17, 15) is 0 Å². The maximum atomic E-state index is 6.56. The molecule has 6 nitrogen and oxygen atoms in total. The van der Waals surface area contributed by atoms with Crippen molar-refractivity contribution in [1.29, 1.82) is 0 Å².